The Hall–Kier alpha value is -2.14. The standard InChI is InChI=1S/C20H24N2O2S/c1-16-4-6-17(7-5-16)15-20(24)22-12-10-21(11-13-22)19(23)9-8-18-3-2-14-25-18/h2-7,14H,8-13,15H2,1H3. The lowest BCUT2D eigenvalue weighted by atomic mass is 10.1. The number of thiophene rings is 1. The van der Waals surface area contributed by atoms with Crippen LogP contribution in [0.4, 0.5) is 0 Å². The summed E-state index contributed by atoms with van der Waals surface area (Å²) in [5.74, 6) is 0.341. The van der Waals surface area contributed by atoms with E-state index in [1.807, 2.05) is 52.4 Å². The number of nitrogens with zero attached hydrogens (tertiary/aromatic N) is 2. The van der Waals surface area contributed by atoms with Crippen LogP contribution in [0, 0.1) is 6.92 Å². The maximum absolute atomic E-state index is 12.4. The quantitative estimate of drug-likeness (QED) is 0.826. The van der Waals surface area contributed by atoms with Crippen molar-refractivity contribution in [2.24, 2.45) is 0 Å². The van der Waals surface area contributed by atoms with E-state index in [1.165, 1.54) is 10.4 Å². The van der Waals surface area contributed by atoms with Gasteiger partial charge in [0.2, 0.25) is 11.8 Å². The number of benzene rings is 1. The van der Waals surface area contributed by atoms with E-state index >= 15 is 0 Å². The molecule has 1 saturated heterocycles. The molecule has 0 unspecified atom stereocenters. The third kappa shape index (κ3) is 4.92. The monoisotopic (exact) mass is 356 g/mol. The van der Waals surface area contributed by atoms with Crippen LogP contribution in [0.25, 0.3) is 0 Å². The van der Waals surface area contributed by atoms with Crippen LogP contribution in [0.15, 0.2) is 41.8 Å². The first-order valence-electron chi connectivity index (χ1n) is 8.75. The van der Waals surface area contributed by atoms with Gasteiger partial charge < -0.3 is 9.80 Å². The van der Waals surface area contributed by atoms with E-state index in [0.717, 1.165) is 12.0 Å². The zero-order valence-electron chi connectivity index (χ0n) is 14.6. The van der Waals surface area contributed by atoms with E-state index in [4.69, 9.17) is 0 Å². The minimum atomic E-state index is 0.148. The predicted octanol–water partition coefficient (Wildman–Crippen LogP) is 2.90. The van der Waals surface area contributed by atoms with Crippen molar-refractivity contribution in [3.8, 4) is 0 Å². The van der Waals surface area contributed by atoms with E-state index in [-0.39, 0.29) is 11.8 Å². The van der Waals surface area contributed by atoms with Crippen LogP contribution in [0.1, 0.15) is 22.4 Å². The highest BCUT2D eigenvalue weighted by Gasteiger charge is 2.23. The topological polar surface area (TPSA) is 40.6 Å². The van der Waals surface area contributed by atoms with Gasteiger partial charge in [-0.3, -0.25) is 9.59 Å². The molecule has 25 heavy (non-hydrogen) atoms. The smallest absolute Gasteiger partial charge is 0.227 e. The lowest BCUT2D eigenvalue weighted by Crippen LogP contribution is -2.51. The lowest BCUT2D eigenvalue weighted by Gasteiger charge is -2.35. The van der Waals surface area contributed by atoms with E-state index in [2.05, 4.69) is 6.07 Å². The molecule has 1 aliphatic heterocycles. The molecule has 0 aliphatic carbocycles. The van der Waals surface area contributed by atoms with Crippen LogP contribution >= 0.6 is 11.3 Å². The molecule has 0 N–H and O–H groups in total. The molecular weight excluding hydrogens is 332 g/mol. The molecule has 1 aromatic carbocycles. The summed E-state index contributed by atoms with van der Waals surface area (Å²) in [7, 11) is 0. The molecule has 0 atom stereocenters. The molecule has 0 saturated carbocycles. The molecular formula is C20H24N2O2S. The normalized spacial score (nSPS) is 14.6. The summed E-state index contributed by atoms with van der Waals surface area (Å²) in [5.41, 5.74) is 2.25. The molecule has 132 valence electrons. The number of rotatable bonds is 5. The van der Waals surface area contributed by atoms with Gasteiger partial charge in [0, 0.05) is 37.5 Å². The van der Waals surface area contributed by atoms with Crippen molar-refractivity contribution in [2.45, 2.75) is 26.2 Å². The minimum absolute atomic E-state index is 0.148. The van der Waals surface area contributed by atoms with E-state index in [9.17, 15) is 9.59 Å². The zero-order valence-corrected chi connectivity index (χ0v) is 15.4. The highest BCUT2D eigenvalue weighted by atomic mass is 32.1. The molecule has 2 amide bonds. The van der Waals surface area contributed by atoms with Crippen molar-refractivity contribution in [2.75, 3.05) is 26.2 Å². The van der Waals surface area contributed by atoms with Crippen molar-refractivity contribution in [1.29, 1.82) is 0 Å². The van der Waals surface area contributed by atoms with Gasteiger partial charge in [-0.1, -0.05) is 35.9 Å². The van der Waals surface area contributed by atoms with Crippen LogP contribution in [0.2, 0.25) is 0 Å². The van der Waals surface area contributed by atoms with E-state index in [1.54, 1.807) is 11.3 Å². The zero-order chi connectivity index (χ0) is 17.6. The SMILES string of the molecule is Cc1ccc(CC(=O)N2CCN(C(=O)CCc3cccs3)CC2)cc1. The molecule has 0 radical (unpaired) electrons. The van der Waals surface area contributed by atoms with Gasteiger partial charge >= 0.3 is 0 Å². The summed E-state index contributed by atoms with van der Waals surface area (Å²) in [4.78, 5) is 29.8. The maximum atomic E-state index is 12.4. The highest BCUT2D eigenvalue weighted by Crippen LogP contribution is 2.13. The van der Waals surface area contributed by atoms with Crippen LogP contribution in [0.3, 0.4) is 0 Å². The lowest BCUT2D eigenvalue weighted by molar-refractivity contribution is -0.139. The fraction of sp³-hybridized carbons (Fsp3) is 0.400. The summed E-state index contributed by atoms with van der Waals surface area (Å²) in [6, 6.07) is 12.2. The Labute approximate surface area is 153 Å². The van der Waals surface area contributed by atoms with Crippen LogP contribution in [0.5, 0.6) is 0 Å². The highest BCUT2D eigenvalue weighted by molar-refractivity contribution is 7.09. The maximum Gasteiger partial charge on any atom is 0.227 e. The van der Waals surface area contributed by atoms with Gasteiger partial charge in [0.15, 0.2) is 0 Å². The Morgan fingerprint density at radius 2 is 1.60 bits per heavy atom. The summed E-state index contributed by atoms with van der Waals surface area (Å²) < 4.78 is 0. The molecule has 2 aromatic rings. The second-order valence-electron chi connectivity index (χ2n) is 6.50. The number of hydrogen-bond donors (Lipinski definition) is 0. The van der Waals surface area contributed by atoms with Crippen molar-refractivity contribution < 1.29 is 9.59 Å². The van der Waals surface area contributed by atoms with Crippen LogP contribution in [-0.4, -0.2) is 47.8 Å². The van der Waals surface area contributed by atoms with Crippen molar-refractivity contribution >= 4 is 23.2 Å². The Kier molecular flexibility index (Phi) is 5.87. The Morgan fingerprint density at radius 1 is 0.960 bits per heavy atom. The van der Waals surface area contributed by atoms with Crippen LogP contribution < -0.4 is 0 Å². The predicted molar refractivity (Wildman–Crippen MR) is 101 cm³/mol. The van der Waals surface area contributed by atoms with Crippen LogP contribution in [-0.2, 0) is 22.4 Å². The van der Waals surface area contributed by atoms with Gasteiger partial charge in [-0.15, -0.1) is 11.3 Å². The second-order valence-corrected chi connectivity index (χ2v) is 7.54. The molecule has 1 fully saturated rings. The third-order valence-corrected chi connectivity index (χ3v) is 5.56. The number of amides is 2. The summed E-state index contributed by atoms with van der Waals surface area (Å²) >= 11 is 1.69. The number of carbonyl (C=O) groups excluding carboxylic acids is 2. The fourth-order valence-corrected chi connectivity index (χ4v) is 3.75. The van der Waals surface area contributed by atoms with Gasteiger partial charge in [-0.2, -0.15) is 0 Å². The first-order chi connectivity index (χ1) is 12.1. The largest absolute Gasteiger partial charge is 0.339 e. The number of carbonyl (C=O) groups is 2. The molecule has 5 heteroatoms. The van der Waals surface area contributed by atoms with Gasteiger partial charge in [0.05, 0.1) is 6.42 Å². The van der Waals surface area contributed by atoms with Crippen molar-refractivity contribution in [1.82, 2.24) is 9.80 Å². The van der Waals surface area contributed by atoms with Crippen molar-refractivity contribution in [3.63, 3.8) is 0 Å². The molecule has 4 nitrogen and oxygen atoms in total. The number of hydrogen-bond acceptors (Lipinski definition) is 3. The number of piperazine rings is 1. The minimum Gasteiger partial charge on any atom is -0.339 e. The van der Waals surface area contributed by atoms with Crippen molar-refractivity contribution in [3.05, 3.63) is 57.8 Å². The molecule has 1 aromatic heterocycles. The summed E-state index contributed by atoms with van der Waals surface area (Å²) in [6.07, 6.45) is 1.80. The average Bonchev–Trinajstić information content (AvgIpc) is 3.15. The molecule has 0 bridgehead atoms. The molecule has 1 aliphatic rings. The Morgan fingerprint density at radius 3 is 2.20 bits per heavy atom. The number of aryl methyl sites for hydroxylation is 2. The fourth-order valence-electron chi connectivity index (χ4n) is 3.04. The van der Waals surface area contributed by atoms with Gasteiger partial charge in [-0.25, -0.2) is 0 Å². The first kappa shape index (κ1) is 17.7. The second kappa shape index (κ2) is 8.30. The van der Waals surface area contributed by atoms with Gasteiger partial charge in [0.1, 0.15) is 0 Å². The summed E-state index contributed by atoms with van der Waals surface area (Å²) in [5, 5.41) is 2.04. The molecule has 3 rings (SSSR count). The van der Waals surface area contributed by atoms with Gasteiger partial charge in [0.25, 0.3) is 0 Å². The Balaban J connectivity index is 1.43. The van der Waals surface area contributed by atoms with E-state index in [0.29, 0.717) is 39.0 Å². The summed E-state index contributed by atoms with van der Waals surface area (Å²) in [6.45, 7) is 4.59. The van der Waals surface area contributed by atoms with E-state index < -0.39 is 0 Å². The average molecular weight is 356 g/mol. The molecule has 2 heterocycles. The third-order valence-electron chi connectivity index (χ3n) is 4.63. The Bertz CT molecular complexity index is 702. The first-order valence-corrected chi connectivity index (χ1v) is 9.63. The van der Waals surface area contributed by atoms with Gasteiger partial charge in [-0.05, 0) is 30.4 Å². The molecule has 0 spiro atoms.